The van der Waals surface area contributed by atoms with Gasteiger partial charge in [-0.3, -0.25) is 4.98 Å². The van der Waals surface area contributed by atoms with E-state index in [1.807, 2.05) is 0 Å². The standard InChI is InChI=1S/C13H15FN4O/c14-10-6-9(7-16-8-10)11-17-12(18-19-11)13(15)4-2-1-3-5-13/h6-8H,1-5,15H2. The van der Waals surface area contributed by atoms with Gasteiger partial charge in [0.1, 0.15) is 5.82 Å². The molecule has 0 spiro atoms. The second-order valence-electron chi connectivity index (χ2n) is 5.03. The molecule has 0 saturated heterocycles. The molecular formula is C13H15FN4O. The fraction of sp³-hybridized carbons (Fsp3) is 0.462. The van der Waals surface area contributed by atoms with E-state index in [1.165, 1.54) is 18.7 Å². The van der Waals surface area contributed by atoms with Gasteiger partial charge in [0, 0.05) is 6.20 Å². The third-order valence-electron chi connectivity index (χ3n) is 3.57. The molecule has 0 bridgehead atoms. The Bertz CT molecular complexity index is 578. The summed E-state index contributed by atoms with van der Waals surface area (Å²) in [4.78, 5) is 8.07. The van der Waals surface area contributed by atoms with E-state index in [1.54, 1.807) is 0 Å². The van der Waals surface area contributed by atoms with Gasteiger partial charge in [0.05, 0.1) is 17.3 Å². The molecule has 2 N–H and O–H groups in total. The first-order chi connectivity index (χ1) is 9.17. The maximum absolute atomic E-state index is 13.1. The largest absolute Gasteiger partial charge is 0.334 e. The number of aromatic nitrogens is 3. The zero-order valence-corrected chi connectivity index (χ0v) is 10.5. The fourth-order valence-corrected chi connectivity index (χ4v) is 2.48. The molecule has 19 heavy (non-hydrogen) atoms. The van der Waals surface area contributed by atoms with Crippen LogP contribution in [-0.2, 0) is 5.54 Å². The van der Waals surface area contributed by atoms with Gasteiger partial charge in [0.15, 0.2) is 5.82 Å². The van der Waals surface area contributed by atoms with E-state index in [-0.39, 0.29) is 5.89 Å². The third-order valence-corrected chi connectivity index (χ3v) is 3.57. The Morgan fingerprint density at radius 2 is 2.00 bits per heavy atom. The normalized spacial score (nSPS) is 18.4. The lowest BCUT2D eigenvalue weighted by Gasteiger charge is -2.29. The van der Waals surface area contributed by atoms with Crippen LogP contribution in [0.5, 0.6) is 0 Å². The Labute approximate surface area is 110 Å². The molecule has 0 radical (unpaired) electrons. The average Bonchev–Trinajstić information content (AvgIpc) is 2.90. The Hall–Kier alpha value is -1.82. The minimum absolute atomic E-state index is 0.261. The number of nitrogens with zero attached hydrogens (tertiary/aromatic N) is 3. The SMILES string of the molecule is NC1(c2noc(-c3cncc(F)c3)n2)CCCCC1. The first-order valence-electron chi connectivity index (χ1n) is 6.41. The first-order valence-corrected chi connectivity index (χ1v) is 6.41. The summed E-state index contributed by atoms with van der Waals surface area (Å²) in [5.74, 6) is 0.334. The van der Waals surface area contributed by atoms with Crippen LogP contribution in [0.15, 0.2) is 23.0 Å². The van der Waals surface area contributed by atoms with Crippen molar-refractivity contribution in [1.82, 2.24) is 15.1 Å². The van der Waals surface area contributed by atoms with Crippen LogP contribution in [0.25, 0.3) is 11.5 Å². The van der Waals surface area contributed by atoms with Crippen molar-refractivity contribution in [2.45, 2.75) is 37.6 Å². The van der Waals surface area contributed by atoms with Crippen LogP contribution in [0.1, 0.15) is 37.9 Å². The summed E-state index contributed by atoms with van der Waals surface area (Å²) in [5, 5.41) is 3.96. The Morgan fingerprint density at radius 1 is 1.21 bits per heavy atom. The third kappa shape index (κ3) is 2.35. The number of nitrogens with two attached hydrogens (primary N) is 1. The lowest BCUT2D eigenvalue weighted by atomic mass is 9.82. The van der Waals surface area contributed by atoms with E-state index in [0.717, 1.165) is 31.9 Å². The lowest BCUT2D eigenvalue weighted by Crippen LogP contribution is -2.39. The maximum Gasteiger partial charge on any atom is 0.259 e. The van der Waals surface area contributed by atoms with Crippen LogP contribution in [-0.4, -0.2) is 15.1 Å². The van der Waals surface area contributed by atoms with Gasteiger partial charge < -0.3 is 10.3 Å². The molecule has 1 aliphatic carbocycles. The topological polar surface area (TPSA) is 77.8 Å². The Kier molecular flexibility index (Phi) is 3.02. The monoisotopic (exact) mass is 262 g/mol. The molecule has 2 heterocycles. The van der Waals surface area contributed by atoms with Gasteiger partial charge >= 0.3 is 0 Å². The highest BCUT2D eigenvalue weighted by Crippen LogP contribution is 2.33. The van der Waals surface area contributed by atoms with Crippen molar-refractivity contribution in [2.24, 2.45) is 5.73 Å². The molecule has 2 aromatic rings. The van der Waals surface area contributed by atoms with E-state index in [9.17, 15) is 4.39 Å². The summed E-state index contributed by atoms with van der Waals surface area (Å²) in [6.45, 7) is 0. The van der Waals surface area contributed by atoms with Gasteiger partial charge in [0.2, 0.25) is 0 Å². The summed E-state index contributed by atoms with van der Waals surface area (Å²) in [7, 11) is 0. The fourth-order valence-electron chi connectivity index (χ4n) is 2.48. The Morgan fingerprint density at radius 3 is 2.74 bits per heavy atom. The van der Waals surface area contributed by atoms with Crippen LogP contribution in [0.2, 0.25) is 0 Å². The predicted molar refractivity (Wildman–Crippen MR) is 66.4 cm³/mol. The molecule has 2 aromatic heterocycles. The van der Waals surface area contributed by atoms with E-state index >= 15 is 0 Å². The summed E-state index contributed by atoms with van der Waals surface area (Å²) in [5.41, 5.74) is 6.28. The molecule has 1 fully saturated rings. The molecule has 6 heteroatoms. The molecular weight excluding hydrogens is 247 g/mol. The van der Waals surface area contributed by atoms with Crippen molar-refractivity contribution >= 4 is 0 Å². The van der Waals surface area contributed by atoms with Crippen LogP contribution < -0.4 is 5.73 Å². The van der Waals surface area contributed by atoms with Crippen molar-refractivity contribution in [3.05, 3.63) is 30.1 Å². The average molecular weight is 262 g/mol. The number of halogens is 1. The molecule has 1 aliphatic rings. The van der Waals surface area contributed by atoms with Gasteiger partial charge in [-0.1, -0.05) is 24.4 Å². The van der Waals surface area contributed by atoms with Crippen LogP contribution in [0.4, 0.5) is 4.39 Å². The van der Waals surface area contributed by atoms with Gasteiger partial charge in [-0.15, -0.1) is 0 Å². The molecule has 0 aromatic carbocycles. The summed E-state index contributed by atoms with van der Waals surface area (Å²) >= 11 is 0. The highest BCUT2D eigenvalue weighted by Gasteiger charge is 2.34. The molecule has 3 rings (SSSR count). The van der Waals surface area contributed by atoms with E-state index in [4.69, 9.17) is 10.3 Å². The van der Waals surface area contributed by atoms with Crippen LogP contribution >= 0.6 is 0 Å². The zero-order valence-electron chi connectivity index (χ0n) is 10.5. The molecule has 100 valence electrons. The smallest absolute Gasteiger partial charge is 0.259 e. The molecule has 1 saturated carbocycles. The van der Waals surface area contributed by atoms with Gasteiger partial charge in [-0.2, -0.15) is 4.98 Å². The van der Waals surface area contributed by atoms with Gasteiger partial charge in [-0.25, -0.2) is 4.39 Å². The highest BCUT2D eigenvalue weighted by atomic mass is 19.1. The van der Waals surface area contributed by atoms with Gasteiger partial charge in [0.25, 0.3) is 5.89 Å². The molecule has 0 amide bonds. The van der Waals surface area contributed by atoms with E-state index in [2.05, 4.69) is 15.1 Å². The number of rotatable bonds is 2. The number of pyridine rings is 1. The van der Waals surface area contributed by atoms with Crippen LogP contribution in [0, 0.1) is 5.82 Å². The molecule has 0 unspecified atom stereocenters. The minimum Gasteiger partial charge on any atom is -0.334 e. The summed E-state index contributed by atoms with van der Waals surface area (Å²) in [6, 6.07) is 1.31. The highest BCUT2D eigenvalue weighted by molar-refractivity contribution is 5.50. The van der Waals surface area contributed by atoms with Crippen LogP contribution in [0.3, 0.4) is 0 Å². The summed E-state index contributed by atoms with van der Waals surface area (Å²) < 4.78 is 18.3. The van der Waals surface area contributed by atoms with Crippen molar-refractivity contribution in [3.63, 3.8) is 0 Å². The predicted octanol–water partition coefficient (Wildman–Crippen LogP) is 2.39. The number of hydrogen-bond acceptors (Lipinski definition) is 5. The van der Waals surface area contributed by atoms with Crippen molar-refractivity contribution in [3.8, 4) is 11.5 Å². The van der Waals surface area contributed by atoms with Gasteiger partial charge in [-0.05, 0) is 18.9 Å². The molecule has 5 nitrogen and oxygen atoms in total. The second kappa shape index (κ2) is 4.70. The molecule has 0 atom stereocenters. The quantitative estimate of drug-likeness (QED) is 0.899. The Balaban J connectivity index is 1.91. The summed E-state index contributed by atoms with van der Waals surface area (Å²) in [6.07, 6.45) is 7.67. The lowest BCUT2D eigenvalue weighted by molar-refractivity contribution is 0.275. The van der Waals surface area contributed by atoms with Crippen molar-refractivity contribution in [1.29, 1.82) is 0 Å². The minimum atomic E-state index is -0.513. The maximum atomic E-state index is 13.1. The second-order valence-corrected chi connectivity index (χ2v) is 5.03. The zero-order chi connectivity index (χ0) is 13.3. The molecule has 0 aliphatic heterocycles. The first kappa shape index (κ1) is 12.2. The van der Waals surface area contributed by atoms with Crippen molar-refractivity contribution in [2.75, 3.05) is 0 Å². The number of hydrogen-bond donors (Lipinski definition) is 1. The van der Waals surface area contributed by atoms with E-state index in [0.29, 0.717) is 11.4 Å². The van der Waals surface area contributed by atoms with Crippen molar-refractivity contribution < 1.29 is 8.91 Å². The van der Waals surface area contributed by atoms with E-state index < -0.39 is 11.4 Å².